The van der Waals surface area contributed by atoms with Crippen LogP contribution in [0.1, 0.15) is 13.8 Å². The first kappa shape index (κ1) is 10.1. The fraction of sp³-hybridized carbons (Fsp3) is 0.500. The van der Waals surface area contributed by atoms with Gasteiger partial charge in [-0.05, 0) is 19.1 Å². The van der Waals surface area contributed by atoms with Crippen LogP contribution in [0.25, 0.3) is 0 Å². The predicted molar refractivity (Wildman–Crippen MR) is 47.5 cm³/mol. The number of aromatic amines is 1. The largest absolute Gasteiger partial charge is 0.461 e. The van der Waals surface area contributed by atoms with Crippen molar-refractivity contribution in [3.8, 4) is 0 Å². The molecule has 8 nitrogen and oxygen atoms in total. The molecule has 0 fully saturated rings. The normalized spacial score (nSPS) is 11.1. The third kappa shape index (κ3) is 2.81. The van der Waals surface area contributed by atoms with Crippen molar-refractivity contribution in [2.75, 3.05) is 12.0 Å². The van der Waals surface area contributed by atoms with E-state index in [-0.39, 0.29) is 11.7 Å². The molecule has 0 atom stereocenters. The number of tetrazole rings is 1. The molecule has 0 aliphatic heterocycles. The summed E-state index contributed by atoms with van der Waals surface area (Å²) in [5.41, 5.74) is 2.63. The van der Waals surface area contributed by atoms with Crippen LogP contribution in [-0.4, -0.2) is 38.9 Å². The van der Waals surface area contributed by atoms with Crippen LogP contribution in [0.4, 0.5) is 5.95 Å². The van der Waals surface area contributed by atoms with Crippen molar-refractivity contribution >= 4 is 17.6 Å². The molecule has 0 amide bonds. The predicted octanol–water partition coefficient (Wildman–Crippen LogP) is -0.449. The zero-order valence-corrected chi connectivity index (χ0v) is 7.81. The Balaban J connectivity index is 2.48. The fourth-order valence-corrected chi connectivity index (χ4v) is 0.624. The van der Waals surface area contributed by atoms with E-state index in [9.17, 15) is 4.79 Å². The van der Waals surface area contributed by atoms with Crippen molar-refractivity contribution in [2.24, 2.45) is 5.10 Å². The van der Waals surface area contributed by atoms with E-state index in [1.807, 2.05) is 0 Å². The summed E-state index contributed by atoms with van der Waals surface area (Å²) in [6.07, 6.45) is 0. The van der Waals surface area contributed by atoms with Crippen LogP contribution in [0.15, 0.2) is 5.10 Å². The van der Waals surface area contributed by atoms with Gasteiger partial charge in [0, 0.05) is 0 Å². The van der Waals surface area contributed by atoms with Crippen molar-refractivity contribution in [3.63, 3.8) is 0 Å². The number of hydrogen-bond acceptors (Lipinski definition) is 7. The highest BCUT2D eigenvalue weighted by Gasteiger charge is 2.06. The zero-order chi connectivity index (χ0) is 10.4. The molecule has 0 spiro atoms. The Kier molecular flexibility index (Phi) is 3.53. The van der Waals surface area contributed by atoms with Crippen LogP contribution in [0, 0.1) is 0 Å². The van der Waals surface area contributed by atoms with E-state index in [4.69, 9.17) is 4.74 Å². The molecule has 0 aliphatic carbocycles. The molecule has 8 heteroatoms. The second-order valence-corrected chi connectivity index (χ2v) is 2.26. The van der Waals surface area contributed by atoms with E-state index < -0.39 is 5.97 Å². The number of hydrogen-bond donors (Lipinski definition) is 2. The molecular weight excluding hydrogens is 188 g/mol. The number of rotatable bonds is 4. The maximum atomic E-state index is 11.0. The number of nitrogens with one attached hydrogen (secondary N) is 2. The van der Waals surface area contributed by atoms with Gasteiger partial charge in [-0.25, -0.2) is 10.2 Å². The Bertz CT molecular complexity index is 319. The summed E-state index contributed by atoms with van der Waals surface area (Å²) in [5, 5.41) is 16.4. The van der Waals surface area contributed by atoms with E-state index in [2.05, 4.69) is 31.2 Å². The molecule has 0 radical (unpaired) electrons. The molecule has 0 aliphatic rings. The molecule has 76 valence electrons. The Morgan fingerprint density at radius 2 is 2.50 bits per heavy atom. The molecule has 1 heterocycles. The first-order valence-corrected chi connectivity index (χ1v) is 3.95. The SMILES string of the molecule is CCOC(=O)C(C)=NNc1nn[nH]n1. The van der Waals surface area contributed by atoms with Gasteiger partial charge in [-0.3, -0.25) is 0 Å². The Morgan fingerprint density at radius 1 is 1.71 bits per heavy atom. The fourth-order valence-electron chi connectivity index (χ4n) is 0.624. The molecule has 1 rings (SSSR count). The van der Waals surface area contributed by atoms with Gasteiger partial charge in [-0.15, -0.1) is 5.10 Å². The molecule has 0 aromatic carbocycles. The topological polar surface area (TPSA) is 105 Å². The lowest BCUT2D eigenvalue weighted by molar-refractivity contribution is -0.135. The number of carbonyl (C=O) groups is 1. The van der Waals surface area contributed by atoms with Crippen molar-refractivity contribution < 1.29 is 9.53 Å². The summed E-state index contributed by atoms with van der Waals surface area (Å²) in [6, 6.07) is 0. The second-order valence-electron chi connectivity index (χ2n) is 2.26. The van der Waals surface area contributed by atoms with Crippen molar-refractivity contribution in [3.05, 3.63) is 0 Å². The summed E-state index contributed by atoms with van der Waals surface area (Å²) in [6.45, 7) is 3.55. The number of aromatic nitrogens is 4. The molecular formula is C6H10N6O2. The quantitative estimate of drug-likeness (QED) is 0.385. The van der Waals surface area contributed by atoms with E-state index in [1.54, 1.807) is 6.92 Å². The average Bonchev–Trinajstić information content (AvgIpc) is 2.67. The lowest BCUT2D eigenvalue weighted by Gasteiger charge is -1.99. The van der Waals surface area contributed by atoms with E-state index in [0.29, 0.717) is 6.61 Å². The Morgan fingerprint density at radius 3 is 3.07 bits per heavy atom. The first-order chi connectivity index (χ1) is 6.74. The van der Waals surface area contributed by atoms with Crippen molar-refractivity contribution in [1.29, 1.82) is 0 Å². The van der Waals surface area contributed by atoms with Crippen LogP contribution < -0.4 is 5.43 Å². The minimum Gasteiger partial charge on any atom is -0.461 e. The number of anilines is 1. The first-order valence-electron chi connectivity index (χ1n) is 3.95. The number of hydrazone groups is 1. The standard InChI is InChI=1S/C6H10N6O2/c1-3-14-5(13)4(2)7-8-6-9-11-12-10-6/h3H2,1-2H3,(H2,8,9,10,11,12). The van der Waals surface area contributed by atoms with Gasteiger partial charge in [0.2, 0.25) is 0 Å². The van der Waals surface area contributed by atoms with Gasteiger partial charge in [0.15, 0.2) is 0 Å². The number of ether oxygens (including phenoxy) is 1. The van der Waals surface area contributed by atoms with Crippen LogP contribution in [0.5, 0.6) is 0 Å². The summed E-state index contributed by atoms with van der Waals surface area (Å²) in [5.74, 6) is -0.294. The molecule has 0 saturated carbocycles. The summed E-state index contributed by atoms with van der Waals surface area (Å²) in [7, 11) is 0. The van der Waals surface area contributed by atoms with Crippen LogP contribution >= 0.6 is 0 Å². The average molecular weight is 198 g/mol. The van der Waals surface area contributed by atoms with Crippen LogP contribution in [-0.2, 0) is 9.53 Å². The lowest BCUT2D eigenvalue weighted by Crippen LogP contribution is -2.15. The summed E-state index contributed by atoms with van der Waals surface area (Å²) in [4.78, 5) is 11.0. The second kappa shape index (κ2) is 4.90. The molecule has 14 heavy (non-hydrogen) atoms. The third-order valence-electron chi connectivity index (χ3n) is 1.24. The number of esters is 1. The minimum absolute atomic E-state index is 0.189. The van der Waals surface area contributed by atoms with Gasteiger partial charge in [-0.2, -0.15) is 10.3 Å². The zero-order valence-electron chi connectivity index (χ0n) is 7.81. The third-order valence-corrected chi connectivity index (χ3v) is 1.24. The van der Waals surface area contributed by atoms with Crippen molar-refractivity contribution in [1.82, 2.24) is 20.6 Å². The van der Waals surface area contributed by atoms with Crippen LogP contribution in [0.3, 0.4) is 0 Å². The highest BCUT2D eigenvalue weighted by Crippen LogP contribution is 1.91. The van der Waals surface area contributed by atoms with Gasteiger partial charge in [0.25, 0.3) is 5.95 Å². The van der Waals surface area contributed by atoms with Gasteiger partial charge < -0.3 is 4.74 Å². The lowest BCUT2D eigenvalue weighted by atomic mass is 10.4. The molecule has 1 aromatic heterocycles. The number of H-pyrrole nitrogens is 1. The van der Waals surface area contributed by atoms with Gasteiger partial charge in [-0.1, -0.05) is 5.10 Å². The number of nitrogens with zero attached hydrogens (tertiary/aromatic N) is 4. The molecule has 0 unspecified atom stereocenters. The smallest absolute Gasteiger partial charge is 0.354 e. The highest BCUT2D eigenvalue weighted by atomic mass is 16.5. The highest BCUT2D eigenvalue weighted by molar-refractivity contribution is 6.35. The van der Waals surface area contributed by atoms with Gasteiger partial charge in [0.05, 0.1) is 6.61 Å². The molecule has 2 N–H and O–H groups in total. The van der Waals surface area contributed by atoms with E-state index >= 15 is 0 Å². The molecule has 1 aromatic rings. The van der Waals surface area contributed by atoms with Gasteiger partial charge in [0.1, 0.15) is 5.71 Å². The molecule has 0 saturated heterocycles. The maximum absolute atomic E-state index is 11.0. The van der Waals surface area contributed by atoms with Gasteiger partial charge >= 0.3 is 5.97 Å². The minimum atomic E-state index is -0.483. The Hall–Kier alpha value is -1.99. The van der Waals surface area contributed by atoms with E-state index in [1.165, 1.54) is 6.92 Å². The van der Waals surface area contributed by atoms with Crippen molar-refractivity contribution in [2.45, 2.75) is 13.8 Å². The Labute approximate surface area is 79.7 Å². The monoisotopic (exact) mass is 198 g/mol. The summed E-state index contributed by atoms with van der Waals surface area (Å²) >= 11 is 0. The van der Waals surface area contributed by atoms with E-state index in [0.717, 1.165) is 0 Å². The van der Waals surface area contributed by atoms with Crippen LogP contribution in [0.2, 0.25) is 0 Å². The summed E-state index contributed by atoms with van der Waals surface area (Å²) < 4.78 is 4.70. The molecule has 0 bridgehead atoms. The maximum Gasteiger partial charge on any atom is 0.354 e. The number of carbonyl (C=O) groups excluding carboxylic acids is 1.